The SMILES string of the molecule is C=CC(CCCCCCCCC)OC(C=C)CCCCCCCCC. The van der Waals surface area contributed by atoms with Crippen molar-refractivity contribution in [2.24, 2.45) is 0 Å². The minimum absolute atomic E-state index is 0.197. The topological polar surface area (TPSA) is 9.23 Å². The summed E-state index contributed by atoms with van der Waals surface area (Å²) in [6.07, 6.45) is 25.5. The maximum absolute atomic E-state index is 6.20. The molecule has 0 heterocycles. The first kappa shape index (κ1) is 24.4. The van der Waals surface area contributed by atoms with Gasteiger partial charge in [0.2, 0.25) is 0 Å². The molecule has 0 spiro atoms. The number of unbranched alkanes of at least 4 members (excludes halogenated alkanes) is 12. The van der Waals surface area contributed by atoms with Crippen LogP contribution < -0.4 is 0 Å². The predicted octanol–water partition coefficient (Wildman–Crippen LogP) is 8.39. The van der Waals surface area contributed by atoms with Crippen LogP contribution in [-0.4, -0.2) is 12.2 Å². The fourth-order valence-electron chi connectivity index (χ4n) is 3.31. The largest absolute Gasteiger partial charge is 0.367 e. The van der Waals surface area contributed by atoms with Crippen molar-refractivity contribution in [3.63, 3.8) is 0 Å². The Kier molecular flexibility index (Phi) is 19.3. The van der Waals surface area contributed by atoms with Gasteiger partial charge in [0.25, 0.3) is 0 Å². The van der Waals surface area contributed by atoms with Gasteiger partial charge in [0, 0.05) is 0 Å². The van der Waals surface area contributed by atoms with Gasteiger partial charge >= 0.3 is 0 Å². The van der Waals surface area contributed by atoms with Gasteiger partial charge in [-0.1, -0.05) is 116 Å². The molecule has 1 heteroatoms. The molecule has 0 bridgehead atoms. The minimum atomic E-state index is 0.197. The van der Waals surface area contributed by atoms with Crippen molar-refractivity contribution < 1.29 is 4.74 Å². The fourth-order valence-corrected chi connectivity index (χ4v) is 3.31. The number of hydrogen-bond acceptors (Lipinski definition) is 1. The predicted molar refractivity (Wildman–Crippen MR) is 114 cm³/mol. The van der Waals surface area contributed by atoms with E-state index in [9.17, 15) is 0 Å². The van der Waals surface area contributed by atoms with Gasteiger partial charge in [-0.25, -0.2) is 0 Å². The summed E-state index contributed by atoms with van der Waals surface area (Å²) in [6.45, 7) is 12.5. The third-order valence-electron chi connectivity index (χ3n) is 5.06. The van der Waals surface area contributed by atoms with Gasteiger partial charge in [-0.2, -0.15) is 0 Å². The molecule has 0 aromatic rings. The molecule has 0 saturated carbocycles. The Hall–Kier alpha value is -0.560. The lowest BCUT2D eigenvalue weighted by Crippen LogP contribution is -2.19. The first-order chi connectivity index (χ1) is 12.3. The number of hydrogen-bond donors (Lipinski definition) is 0. The summed E-state index contributed by atoms with van der Waals surface area (Å²) in [7, 11) is 0. The Morgan fingerprint density at radius 2 is 0.880 bits per heavy atom. The second-order valence-corrected chi connectivity index (χ2v) is 7.50. The standard InChI is InChI=1S/C24H46O/c1-5-9-11-13-15-17-19-21-23(7-3)25-24(8-4)22-20-18-16-14-12-10-6-2/h7-8,23-24H,3-6,9-22H2,1-2H3. The molecular formula is C24H46O. The Bertz CT molecular complexity index is 256. The third-order valence-corrected chi connectivity index (χ3v) is 5.06. The van der Waals surface area contributed by atoms with E-state index in [1.165, 1.54) is 89.9 Å². The van der Waals surface area contributed by atoms with Crippen molar-refractivity contribution in [3.05, 3.63) is 25.3 Å². The molecule has 148 valence electrons. The van der Waals surface area contributed by atoms with Crippen LogP contribution in [0.3, 0.4) is 0 Å². The molecule has 0 amide bonds. The Morgan fingerprint density at radius 1 is 0.560 bits per heavy atom. The van der Waals surface area contributed by atoms with Gasteiger partial charge < -0.3 is 4.74 Å². The summed E-state index contributed by atoms with van der Waals surface area (Å²) >= 11 is 0. The second-order valence-electron chi connectivity index (χ2n) is 7.50. The van der Waals surface area contributed by atoms with Crippen LogP contribution in [0.25, 0.3) is 0 Å². The summed E-state index contributed by atoms with van der Waals surface area (Å²) in [4.78, 5) is 0. The van der Waals surface area contributed by atoms with Gasteiger partial charge in [0.15, 0.2) is 0 Å². The highest BCUT2D eigenvalue weighted by Gasteiger charge is 2.11. The molecule has 0 N–H and O–H groups in total. The van der Waals surface area contributed by atoms with E-state index in [0.29, 0.717) is 0 Å². The quantitative estimate of drug-likeness (QED) is 0.158. The molecule has 25 heavy (non-hydrogen) atoms. The van der Waals surface area contributed by atoms with E-state index in [1.807, 2.05) is 12.2 Å². The van der Waals surface area contributed by atoms with Crippen molar-refractivity contribution in [1.82, 2.24) is 0 Å². The lowest BCUT2D eigenvalue weighted by Gasteiger charge is -2.20. The zero-order valence-electron chi connectivity index (χ0n) is 17.4. The summed E-state index contributed by atoms with van der Waals surface area (Å²) in [5.41, 5.74) is 0. The summed E-state index contributed by atoms with van der Waals surface area (Å²) in [6, 6.07) is 0. The van der Waals surface area contributed by atoms with Crippen LogP contribution in [0, 0.1) is 0 Å². The first-order valence-electron chi connectivity index (χ1n) is 11.2. The van der Waals surface area contributed by atoms with E-state index in [4.69, 9.17) is 4.74 Å². The second kappa shape index (κ2) is 19.8. The normalized spacial score (nSPS) is 13.5. The maximum atomic E-state index is 6.20. The van der Waals surface area contributed by atoms with Gasteiger partial charge in [-0.05, 0) is 12.8 Å². The Labute approximate surface area is 159 Å². The molecule has 0 aromatic heterocycles. The molecule has 0 aliphatic rings. The van der Waals surface area contributed by atoms with Gasteiger partial charge in [0.05, 0.1) is 12.2 Å². The molecule has 1 nitrogen and oxygen atoms in total. The Morgan fingerprint density at radius 3 is 1.20 bits per heavy atom. The smallest absolute Gasteiger partial charge is 0.0761 e. The average Bonchev–Trinajstić information content (AvgIpc) is 2.64. The van der Waals surface area contributed by atoms with Crippen molar-refractivity contribution in [2.75, 3.05) is 0 Å². The van der Waals surface area contributed by atoms with Crippen molar-refractivity contribution in [1.29, 1.82) is 0 Å². The molecular weight excluding hydrogens is 304 g/mol. The van der Waals surface area contributed by atoms with Crippen LogP contribution in [0.5, 0.6) is 0 Å². The summed E-state index contributed by atoms with van der Waals surface area (Å²) in [5.74, 6) is 0. The van der Waals surface area contributed by atoms with E-state index < -0.39 is 0 Å². The van der Waals surface area contributed by atoms with E-state index in [-0.39, 0.29) is 12.2 Å². The van der Waals surface area contributed by atoms with Crippen molar-refractivity contribution in [3.8, 4) is 0 Å². The van der Waals surface area contributed by atoms with E-state index in [1.54, 1.807) is 0 Å². The molecule has 2 unspecified atom stereocenters. The monoisotopic (exact) mass is 350 g/mol. The van der Waals surface area contributed by atoms with Crippen molar-refractivity contribution in [2.45, 2.75) is 129 Å². The van der Waals surface area contributed by atoms with Crippen LogP contribution in [0.4, 0.5) is 0 Å². The van der Waals surface area contributed by atoms with Crippen molar-refractivity contribution >= 4 is 0 Å². The van der Waals surface area contributed by atoms with Crippen LogP contribution in [0.2, 0.25) is 0 Å². The highest BCUT2D eigenvalue weighted by Crippen LogP contribution is 2.17. The maximum Gasteiger partial charge on any atom is 0.0761 e. The van der Waals surface area contributed by atoms with Gasteiger partial charge in [0.1, 0.15) is 0 Å². The van der Waals surface area contributed by atoms with Gasteiger partial charge in [-0.3, -0.25) is 0 Å². The zero-order chi connectivity index (χ0) is 18.6. The molecule has 0 saturated heterocycles. The number of rotatable bonds is 20. The van der Waals surface area contributed by atoms with Crippen LogP contribution >= 0.6 is 0 Å². The highest BCUT2D eigenvalue weighted by molar-refractivity contribution is 4.86. The average molecular weight is 351 g/mol. The minimum Gasteiger partial charge on any atom is -0.367 e. The molecule has 0 aromatic carbocycles. The van der Waals surface area contributed by atoms with E-state index in [0.717, 1.165) is 12.8 Å². The zero-order valence-corrected chi connectivity index (χ0v) is 17.4. The lowest BCUT2D eigenvalue weighted by molar-refractivity contribution is 0.0299. The summed E-state index contributed by atoms with van der Waals surface area (Å²) in [5, 5.41) is 0. The van der Waals surface area contributed by atoms with Gasteiger partial charge in [-0.15, -0.1) is 13.2 Å². The molecule has 0 aliphatic carbocycles. The van der Waals surface area contributed by atoms with Crippen LogP contribution in [0.1, 0.15) is 117 Å². The highest BCUT2D eigenvalue weighted by atomic mass is 16.5. The molecule has 2 atom stereocenters. The third kappa shape index (κ3) is 16.6. The van der Waals surface area contributed by atoms with E-state index in [2.05, 4.69) is 27.0 Å². The molecule has 0 fully saturated rings. The molecule has 0 radical (unpaired) electrons. The first-order valence-corrected chi connectivity index (χ1v) is 11.2. The Balaban J connectivity index is 3.71. The van der Waals surface area contributed by atoms with Crippen LogP contribution in [0.15, 0.2) is 25.3 Å². The van der Waals surface area contributed by atoms with E-state index >= 15 is 0 Å². The molecule has 0 rings (SSSR count). The molecule has 0 aliphatic heterocycles. The number of ether oxygens (including phenoxy) is 1. The lowest BCUT2D eigenvalue weighted by atomic mass is 10.0. The van der Waals surface area contributed by atoms with Crippen LogP contribution in [-0.2, 0) is 4.74 Å². The summed E-state index contributed by atoms with van der Waals surface area (Å²) < 4.78 is 6.20. The fraction of sp³-hybridized carbons (Fsp3) is 0.833.